The number of rotatable bonds is 2. The summed E-state index contributed by atoms with van der Waals surface area (Å²) in [5, 5.41) is 0. The molecule has 3 rings (SSSR count). The topological polar surface area (TPSA) is 0 Å². The predicted molar refractivity (Wildman–Crippen MR) is 88.3 cm³/mol. The number of hydrogen-bond donors (Lipinski definition) is 0. The van der Waals surface area contributed by atoms with Crippen molar-refractivity contribution in [1.29, 1.82) is 0 Å². The van der Waals surface area contributed by atoms with Crippen LogP contribution in [0.5, 0.6) is 0 Å². The third kappa shape index (κ3) is 3.57. The van der Waals surface area contributed by atoms with Crippen LogP contribution in [-0.2, 0) is 0 Å². The molecule has 3 aliphatic carbocycles. The standard InChI is InChI=1S/C20H32F2/c1-2-3-15-4-6-16(7-5-15)17-8-11-20(12-9-17)13-10-18(21)19(22)14-20/h2-3,15-19H,4-14H2,1H3/b3-2+. The van der Waals surface area contributed by atoms with Gasteiger partial charge in [0.25, 0.3) is 0 Å². The molecule has 126 valence electrons. The lowest BCUT2D eigenvalue weighted by Crippen LogP contribution is -2.39. The van der Waals surface area contributed by atoms with Gasteiger partial charge in [-0.1, -0.05) is 12.2 Å². The van der Waals surface area contributed by atoms with E-state index in [9.17, 15) is 8.78 Å². The van der Waals surface area contributed by atoms with Gasteiger partial charge >= 0.3 is 0 Å². The van der Waals surface area contributed by atoms with Crippen molar-refractivity contribution in [1.82, 2.24) is 0 Å². The molecule has 3 saturated carbocycles. The Balaban J connectivity index is 1.48. The number of alkyl halides is 2. The first-order valence-electron chi connectivity index (χ1n) is 9.53. The van der Waals surface area contributed by atoms with Crippen LogP contribution in [0.25, 0.3) is 0 Å². The number of hydrogen-bond acceptors (Lipinski definition) is 0. The average Bonchev–Trinajstić information content (AvgIpc) is 2.54. The lowest BCUT2D eigenvalue weighted by molar-refractivity contribution is -0.00486. The second-order valence-electron chi connectivity index (χ2n) is 8.31. The van der Waals surface area contributed by atoms with Crippen molar-refractivity contribution in [3.63, 3.8) is 0 Å². The van der Waals surface area contributed by atoms with Gasteiger partial charge in [-0.2, -0.15) is 0 Å². The van der Waals surface area contributed by atoms with Crippen molar-refractivity contribution in [2.45, 2.75) is 89.9 Å². The summed E-state index contributed by atoms with van der Waals surface area (Å²) in [6.45, 7) is 2.12. The molecule has 2 atom stereocenters. The molecule has 0 radical (unpaired) electrons. The monoisotopic (exact) mass is 310 g/mol. The fourth-order valence-electron chi connectivity index (χ4n) is 5.53. The third-order valence-electron chi connectivity index (χ3n) is 7.01. The first kappa shape index (κ1) is 16.5. The van der Waals surface area contributed by atoms with Gasteiger partial charge in [0.1, 0.15) is 12.3 Å². The Hall–Kier alpha value is -0.400. The SMILES string of the molecule is C/C=C/C1CCC(C2CCC3(CCC(F)C(F)C3)CC2)CC1. The molecule has 3 fully saturated rings. The summed E-state index contributed by atoms with van der Waals surface area (Å²) in [6, 6.07) is 0. The van der Waals surface area contributed by atoms with Crippen LogP contribution in [0.4, 0.5) is 8.78 Å². The highest BCUT2D eigenvalue weighted by molar-refractivity contribution is 4.96. The molecule has 0 nitrogen and oxygen atoms in total. The molecule has 0 aromatic carbocycles. The van der Waals surface area contributed by atoms with Crippen molar-refractivity contribution >= 4 is 0 Å². The highest BCUT2D eigenvalue weighted by Gasteiger charge is 2.44. The van der Waals surface area contributed by atoms with Gasteiger partial charge in [-0.05, 0) is 101 Å². The lowest BCUT2D eigenvalue weighted by atomic mass is 9.59. The largest absolute Gasteiger partial charge is 0.244 e. The summed E-state index contributed by atoms with van der Waals surface area (Å²) >= 11 is 0. The van der Waals surface area contributed by atoms with E-state index in [1.807, 2.05) is 0 Å². The highest BCUT2D eigenvalue weighted by Crippen LogP contribution is 2.52. The van der Waals surface area contributed by atoms with Gasteiger partial charge in [-0.3, -0.25) is 0 Å². The second kappa shape index (κ2) is 7.01. The van der Waals surface area contributed by atoms with Crippen molar-refractivity contribution in [2.24, 2.45) is 23.2 Å². The van der Waals surface area contributed by atoms with Crippen LogP contribution in [0.15, 0.2) is 12.2 Å². The van der Waals surface area contributed by atoms with Gasteiger partial charge in [0.05, 0.1) is 0 Å². The zero-order valence-corrected chi connectivity index (χ0v) is 14.1. The molecule has 2 unspecified atom stereocenters. The second-order valence-corrected chi connectivity index (χ2v) is 8.31. The Kier molecular flexibility index (Phi) is 5.24. The summed E-state index contributed by atoms with van der Waals surface area (Å²) in [4.78, 5) is 0. The molecule has 0 saturated heterocycles. The van der Waals surface area contributed by atoms with E-state index in [2.05, 4.69) is 19.1 Å². The molecule has 0 aromatic heterocycles. The quantitative estimate of drug-likeness (QED) is 0.517. The highest BCUT2D eigenvalue weighted by atomic mass is 19.2. The summed E-state index contributed by atoms with van der Waals surface area (Å²) in [5.41, 5.74) is 0.153. The Bertz CT molecular complexity index is 373. The third-order valence-corrected chi connectivity index (χ3v) is 7.01. The fourth-order valence-corrected chi connectivity index (χ4v) is 5.53. The number of allylic oxidation sites excluding steroid dienone is 2. The molecule has 3 aliphatic rings. The molecule has 0 heterocycles. The Labute approximate surface area is 134 Å². The Morgan fingerprint density at radius 3 is 1.95 bits per heavy atom. The summed E-state index contributed by atoms with van der Waals surface area (Å²) in [5.74, 6) is 2.57. The van der Waals surface area contributed by atoms with Gasteiger partial charge in [0.15, 0.2) is 0 Å². The van der Waals surface area contributed by atoms with Gasteiger partial charge in [-0.15, -0.1) is 0 Å². The molecular weight excluding hydrogens is 278 g/mol. The molecular formula is C20H32F2. The maximum Gasteiger partial charge on any atom is 0.132 e. The summed E-state index contributed by atoms with van der Waals surface area (Å²) in [7, 11) is 0. The molecule has 0 amide bonds. The maximum absolute atomic E-state index is 13.8. The first-order valence-corrected chi connectivity index (χ1v) is 9.53. The lowest BCUT2D eigenvalue weighted by Gasteiger charge is -2.47. The van der Waals surface area contributed by atoms with Crippen LogP contribution < -0.4 is 0 Å². The summed E-state index contributed by atoms with van der Waals surface area (Å²) in [6.07, 6.45) is 14.4. The smallest absolute Gasteiger partial charge is 0.132 e. The zero-order chi connectivity index (χ0) is 15.6. The number of halogens is 2. The van der Waals surface area contributed by atoms with E-state index < -0.39 is 12.3 Å². The predicted octanol–water partition coefficient (Wildman–Crippen LogP) is 6.41. The van der Waals surface area contributed by atoms with Crippen LogP contribution in [0.1, 0.15) is 77.6 Å². The fraction of sp³-hybridized carbons (Fsp3) is 0.900. The van der Waals surface area contributed by atoms with Crippen LogP contribution in [0.3, 0.4) is 0 Å². The van der Waals surface area contributed by atoms with Gasteiger partial charge in [0, 0.05) is 0 Å². The van der Waals surface area contributed by atoms with E-state index in [1.165, 1.54) is 38.5 Å². The summed E-state index contributed by atoms with van der Waals surface area (Å²) < 4.78 is 27.2. The van der Waals surface area contributed by atoms with Gasteiger partial charge < -0.3 is 0 Å². The molecule has 1 spiro atoms. The first-order chi connectivity index (χ1) is 10.6. The van der Waals surface area contributed by atoms with Crippen molar-refractivity contribution < 1.29 is 8.78 Å². The Morgan fingerprint density at radius 2 is 1.36 bits per heavy atom. The minimum absolute atomic E-state index is 0.153. The minimum atomic E-state index is -1.19. The molecule has 22 heavy (non-hydrogen) atoms. The van der Waals surface area contributed by atoms with Crippen LogP contribution in [0.2, 0.25) is 0 Å². The van der Waals surface area contributed by atoms with E-state index in [0.29, 0.717) is 12.8 Å². The van der Waals surface area contributed by atoms with E-state index in [-0.39, 0.29) is 5.41 Å². The molecule has 0 aromatic rings. The van der Waals surface area contributed by atoms with Crippen molar-refractivity contribution in [3.05, 3.63) is 12.2 Å². The van der Waals surface area contributed by atoms with E-state index in [1.54, 1.807) is 0 Å². The average molecular weight is 310 g/mol. The van der Waals surface area contributed by atoms with E-state index in [0.717, 1.165) is 37.0 Å². The van der Waals surface area contributed by atoms with Crippen LogP contribution >= 0.6 is 0 Å². The molecule has 0 aliphatic heterocycles. The van der Waals surface area contributed by atoms with Crippen molar-refractivity contribution in [2.75, 3.05) is 0 Å². The normalized spacial score (nSPS) is 47.1. The molecule has 0 N–H and O–H groups in total. The molecule has 0 bridgehead atoms. The zero-order valence-electron chi connectivity index (χ0n) is 14.1. The minimum Gasteiger partial charge on any atom is -0.244 e. The molecule has 2 heteroatoms. The maximum atomic E-state index is 13.8. The van der Waals surface area contributed by atoms with Gasteiger partial charge in [-0.25, -0.2) is 8.78 Å². The van der Waals surface area contributed by atoms with Crippen LogP contribution in [-0.4, -0.2) is 12.3 Å². The van der Waals surface area contributed by atoms with E-state index >= 15 is 0 Å². The van der Waals surface area contributed by atoms with E-state index in [4.69, 9.17) is 0 Å². The van der Waals surface area contributed by atoms with Gasteiger partial charge in [0.2, 0.25) is 0 Å². The van der Waals surface area contributed by atoms with Crippen molar-refractivity contribution in [3.8, 4) is 0 Å². The Morgan fingerprint density at radius 1 is 0.773 bits per heavy atom. The van der Waals surface area contributed by atoms with Crippen LogP contribution in [0, 0.1) is 23.2 Å².